The van der Waals surface area contributed by atoms with E-state index >= 15 is 0 Å². The Morgan fingerprint density at radius 3 is 2.48 bits per heavy atom. The Kier molecular flexibility index (Phi) is 4.62. The van der Waals surface area contributed by atoms with Crippen molar-refractivity contribution < 1.29 is 0 Å². The number of nitrogens with two attached hydrogens (primary N) is 1. The zero-order valence-corrected chi connectivity index (χ0v) is 14.0. The molecule has 0 amide bonds. The van der Waals surface area contributed by atoms with Crippen LogP contribution in [0.1, 0.15) is 46.4 Å². The summed E-state index contributed by atoms with van der Waals surface area (Å²) in [6.45, 7) is 9.56. The molecule has 0 aliphatic rings. The maximum atomic E-state index is 6.38. The number of anilines is 1. The molecule has 2 rings (SSSR count). The SMILES string of the molecule is CCCCn1c(C(C)(C)C)nc(-c2ccccc2Cl)c1N. The zero-order chi connectivity index (χ0) is 15.6. The predicted molar refractivity (Wildman–Crippen MR) is 90.7 cm³/mol. The summed E-state index contributed by atoms with van der Waals surface area (Å²) >= 11 is 6.31. The quantitative estimate of drug-likeness (QED) is 0.874. The second kappa shape index (κ2) is 6.10. The lowest BCUT2D eigenvalue weighted by Gasteiger charge is -2.20. The molecule has 0 saturated carbocycles. The largest absolute Gasteiger partial charge is 0.383 e. The molecule has 2 aromatic rings. The summed E-state index contributed by atoms with van der Waals surface area (Å²) in [4.78, 5) is 4.82. The fraction of sp³-hybridized carbons (Fsp3) is 0.471. The van der Waals surface area contributed by atoms with Gasteiger partial charge in [-0.2, -0.15) is 0 Å². The van der Waals surface area contributed by atoms with Gasteiger partial charge < -0.3 is 10.3 Å². The van der Waals surface area contributed by atoms with E-state index in [1.54, 1.807) is 0 Å². The number of benzene rings is 1. The molecule has 1 aromatic carbocycles. The van der Waals surface area contributed by atoms with Crippen molar-refractivity contribution in [2.45, 2.75) is 52.5 Å². The Balaban J connectivity index is 2.59. The van der Waals surface area contributed by atoms with Gasteiger partial charge >= 0.3 is 0 Å². The van der Waals surface area contributed by atoms with Gasteiger partial charge in [0.15, 0.2) is 0 Å². The lowest BCUT2D eigenvalue weighted by molar-refractivity contribution is 0.491. The number of hydrogen-bond acceptors (Lipinski definition) is 2. The molecule has 114 valence electrons. The molecule has 0 aliphatic carbocycles. The molecule has 0 bridgehead atoms. The van der Waals surface area contributed by atoms with Gasteiger partial charge in [0.25, 0.3) is 0 Å². The topological polar surface area (TPSA) is 43.8 Å². The molecular weight excluding hydrogens is 282 g/mol. The van der Waals surface area contributed by atoms with Crippen LogP contribution in [0.25, 0.3) is 11.3 Å². The third-order valence-corrected chi connectivity index (χ3v) is 3.87. The maximum absolute atomic E-state index is 6.38. The first-order valence-electron chi connectivity index (χ1n) is 7.47. The normalized spacial score (nSPS) is 11.9. The van der Waals surface area contributed by atoms with Gasteiger partial charge in [-0.1, -0.05) is 63.9 Å². The van der Waals surface area contributed by atoms with Crippen LogP contribution in [0, 0.1) is 0 Å². The molecule has 0 unspecified atom stereocenters. The van der Waals surface area contributed by atoms with Crippen molar-refractivity contribution in [2.75, 3.05) is 5.73 Å². The van der Waals surface area contributed by atoms with Crippen LogP contribution >= 0.6 is 11.6 Å². The minimum atomic E-state index is -0.0542. The summed E-state index contributed by atoms with van der Waals surface area (Å²) in [5, 5.41) is 0.685. The van der Waals surface area contributed by atoms with Crippen molar-refractivity contribution >= 4 is 17.4 Å². The van der Waals surface area contributed by atoms with E-state index in [2.05, 4.69) is 32.3 Å². The van der Waals surface area contributed by atoms with Gasteiger partial charge in [0.05, 0.1) is 5.02 Å². The number of nitrogen functional groups attached to an aromatic ring is 1. The van der Waals surface area contributed by atoms with Crippen molar-refractivity contribution in [3.8, 4) is 11.3 Å². The van der Waals surface area contributed by atoms with E-state index in [9.17, 15) is 0 Å². The van der Waals surface area contributed by atoms with Crippen LogP contribution in [0.4, 0.5) is 5.82 Å². The lowest BCUT2D eigenvalue weighted by Crippen LogP contribution is -2.20. The number of halogens is 1. The summed E-state index contributed by atoms with van der Waals surface area (Å²) < 4.78 is 2.14. The maximum Gasteiger partial charge on any atom is 0.131 e. The van der Waals surface area contributed by atoms with Gasteiger partial charge in [-0.3, -0.25) is 0 Å². The Morgan fingerprint density at radius 2 is 1.90 bits per heavy atom. The van der Waals surface area contributed by atoms with Gasteiger partial charge in [-0.05, 0) is 12.5 Å². The van der Waals surface area contributed by atoms with E-state index in [-0.39, 0.29) is 5.41 Å². The Hall–Kier alpha value is -1.48. The first kappa shape index (κ1) is 15.9. The second-order valence-corrected chi connectivity index (χ2v) is 6.81. The fourth-order valence-corrected chi connectivity index (χ4v) is 2.66. The molecule has 1 aromatic heterocycles. The second-order valence-electron chi connectivity index (χ2n) is 6.40. The minimum absolute atomic E-state index is 0.0542. The van der Waals surface area contributed by atoms with Crippen molar-refractivity contribution in [1.82, 2.24) is 9.55 Å². The first-order chi connectivity index (χ1) is 9.86. The number of unbranched alkanes of at least 4 members (excludes halogenated alkanes) is 1. The van der Waals surface area contributed by atoms with Crippen LogP contribution in [0.5, 0.6) is 0 Å². The van der Waals surface area contributed by atoms with Crippen LogP contribution in [0.15, 0.2) is 24.3 Å². The Bertz CT molecular complexity index is 623. The third-order valence-electron chi connectivity index (χ3n) is 3.54. The van der Waals surface area contributed by atoms with E-state index < -0.39 is 0 Å². The van der Waals surface area contributed by atoms with E-state index in [0.717, 1.165) is 36.5 Å². The summed E-state index contributed by atoms with van der Waals surface area (Å²) in [5.41, 5.74) is 8.02. The average molecular weight is 306 g/mol. The summed E-state index contributed by atoms with van der Waals surface area (Å²) in [6.07, 6.45) is 2.22. The summed E-state index contributed by atoms with van der Waals surface area (Å²) in [7, 11) is 0. The molecule has 0 atom stereocenters. The van der Waals surface area contributed by atoms with Crippen LogP contribution in [0.2, 0.25) is 5.02 Å². The van der Waals surface area contributed by atoms with E-state index in [1.807, 2.05) is 24.3 Å². The van der Waals surface area contributed by atoms with Crippen LogP contribution < -0.4 is 5.73 Å². The molecule has 1 heterocycles. The summed E-state index contributed by atoms with van der Waals surface area (Å²) in [5.74, 6) is 1.73. The molecule has 4 heteroatoms. The average Bonchev–Trinajstić information content (AvgIpc) is 2.74. The van der Waals surface area contributed by atoms with Crippen molar-refractivity contribution in [3.05, 3.63) is 35.1 Å². The number of hydrogen-bond donors (Lipinski definition) is 1. The van der Waals surface area contributed by atoms with E-state index in [1.165, 1.54) is 0 Å². The first-order valence-corrected chi connectivity index (χ1v) is 7.85. The monoisotopic (exact) mass is 305 g/mol. The van der Waals surface area contributed by atoms with Gasteiger partial charge in [0, 0.05) is 17.5 Å². The highest BCUT2D eigenvalue weighted by Gasteiger charge is 2.25. The van der Waals surface area contributed by atoms with Crippen LogP contribution in [0.3, 0.4) is 0 Å². The Labute approximate surface area is 132 Å². The molecule has 2 N–H and O–H groups in total. The highest BCUT2D eigenvalue weighted by atomic mass is 35.5. The van der Waals surface area contributed by atoms with E-state index in [4.69, 9.17) is 22.3 Å². The Morgan fingerprint density at radius 1 is 1.24 bits per heavy atom. The molecule has 0 aliphatic heterocycles. The molecule has 0 saturated heterocycles. The number of nitrogens with zero attached hydrogens (tertiary/aromatic N) is 2. The molecule has 0 spiro atoms. The van der Waals surface area contributed by atoms with Crippen LogP contribution in [-0.4, -0.2) is 9.55 Å². The van der Waals surface area contributed by atoms with Gasteiger partial charge in [0.2, 0.25) is 0 Å². The zero-order valence-electron chi connectivity index (χ0n) is 13.3. The highest BCUT2D eigenvalue weighted by molar-refractivity contribution is 6.33. The summed E-state index contributed by atoms with van der Waals surface area (Å²) in [6, 6.07) is 7.72. The van der Waals surface area contributed by atoms with Crippen molar-refractivity contribution in [3.63, 3.8) is 0 Å². The standard InChI is InChI=1S/C17H24ClN3/c1-5-6-11-21-15(19)14(20-16(21)17(2,3)4)12-9-7-8-10-13(12)18/h7-10H,5-6,11,19H2,1-4H3. The third kappa shape index (κ3) is 3.24. The number of imidazole rings is 1. The molecular formula is C17H24ClN3. The number of aromatic nitrogens is 2. The molecule has 0 radical (unpaired) electrons. The van der Waals surface area contributed by atoms with Gasteiger partial charge in [-0.25, -0.2) is 4.98 Å². The lowest BCUT2D eigenvalue weighted by atomic mass is 9.95. The minimum Gasteiger partial charge on any atom is -0.383 e. The smallest absolute Gasteiger partial charge is 0.131 e. The van der Waals surface area contributed by atoms with Gasteiger partial charge in [0.1, 0.15) is 17.3 Å². The molecule has 0 fully saturated rings. The number of rotatable bonds is 4. The van der Waals surface area contributed by atoms with E-state index in [0.29, 0.717) is 10.8 Å². The fourth-order valence-electron chi connectivity index (χ4n) is 2.43. The highest BCUT2D eigenvalue weighted by Crippen LogP contribution is 2.35. The molecule has 21 heavy (non-hydrogen) atoms. The van der Waals surface area contributed by atoms with Gasteiger partial charge in [-0.15, -0.1) is 0 Å². The van der Waals surface area contributed by atoms with Crippen molar-refractivity contribution in [1.29, 1.82) is 0 Å². The van der Waals surface area contributed by atoms with Crippen LogP contribution in [-0.2, 0) is 12.0 Å². The van der Waals surface area contributed by atoms with Crippen molar-refractivity contribution in [2.24, 2.45) is 0 Å². The molecule has 3 nitrogen and oxygen atoms in total. The predicted octanol–water partition coefficient (Wildman–Crippen LogP) is 4.88.